The Balaban J connectivity index is 2.24. The van der Waals surface area contributed by atoms with Crippen molar-refractivity contribution in [3.05, 3.63) is 66.0 Å². The molecule has 1 N–H and O–H groups in total. The standard InChI is InChI=1S/C17H20FNOS/c1-3-19-17(14-7-5-4-6-8-14)13(2)21(20)16-11-9-15(18)10-12-16/h4-13,17,19H,3H2,1-2H3. The number of halogens is 1. The number of hydrogen-bond acceptors (Lipinski definition) is 2. The summed E-state index contributed by atoms with van der Waals surface area (Å²) in [5, 5.41) is 3.28. The third kappa shape index (κ3) is 3.99. The highest BCUT2D eigenvalue weighted by molar-refractivity contribution is 7.85. The van der Waals surface area contributed by atoms with Gasteiger partial charge in [0.05, 0.1) is 16.0 Å². The van der Waals surface area contributed by atoms with Crippen molar-refractivity contribution in [3.63, 3.8) is 0 Å². The topological polar surface area (TPSA) is 29.1 Å². The summed E-state index contributed by atoms with van der Waals surface area (Å²) >= 11 is 0. The fourth-order valence-electron chi connectivity index (χ4n) is 2.34. The van der Waals surface area contributed by atoms with Gasteiger partial charge in [0.25, 0.3) is 0 Å². The molecule has 2 aromatic rings. The van der Waals surface area contributed by atoms with Crippen LogP contribution >= 0.6 is 0 Å². The minimum Gasteiger partial charge on any atom is -0.309 e. The van der Waals surface area contributed by atoms with E-state index in [9.17, 15) is 8.60 Å². The molecule has 0 saturated heterocycles. The van der Waals surface area contributed by atoms with Crippen molar-refractivity contribution in [2.75, 3.05) is 6.54 Å². The van der Waals surface area contributed by atoms with Crippen LogP contribution in [-0.4, -0.2) is 16.0 Å². The highest BCUT2D eigenvalue weighted by atomic mass is 32.2. The Morgan fingerprint density at radius 1 is 1.10 bits per heavy atom. The Morgan fingerprint density at radius 2 is 1.71 bits per heavy atom. The van der Waals surface area contributed by atoms with E-state index < -0.39 is 10.8 Å². The van der Waals surface area contributed by atoms with Crippen LogP contribution in [-0.2, 0) is 10.8 Å². The van der Waals surface area contributed by atoms with Gasteiger partial charge in [-0.2, -0.15) is 0 Å². The second kappa shape index (κ2) is 7.48. The first-order chi connectivity index (χ1) is 10.1. The van der Waals surface area contributed by atoms with E-state index in [1.807, 2.05) is 44.2 Å². The summed E-state index contributed by atoms with van der Waals surface area (Å²) in [4.78, 5) is 0.655. The quantitative estimate of drug-likeness (QED) is 0.882. The van der Waals surface area contributed by atoms with Crippen molar-refractivity contribution < 1.29 is 8.60 Å². The predicted molar refractivity (Wildman–Crippen MR) is 85.1 cm³/mol. The number of nitrogens with one attached hydrogen (secondary N) is 1. The van der Waals surface area contributed by atoms with Gasteiger partial charge in [-0.3, -0.25) is 4.21 Å². The van der Waals surface area contributed by atoms with Crippen LogP contribution in [0.5, 0.6) is 0 Å². The minimum absolute atomic E-state index is 0.00193. The third-order valence-corrected chi connectivity index (χ3v) is 5.12. The summed E-state index contributed by atoms with van der Waals surface area (Å²) in [6, 6.07) is 15.9. The van der Waals surface area contributed by atoms with Gasteiger partial charge in [-0.25, -0.2) is 4.39 Å². The molecular weight excluding hydrogens is 285 g/mol. The van der Waals surface area contributed by atoms with Crippen molar-refractivity contribution in [1.29, 1.82) is 0 Å². The Morgan fingerprint density at radius 3 is 2.29 bits per heavy atom. The van der Waals surface area contributed by atoms with E-state index in [-0.39, 0.29) is 17.1 Å². The summed E-state index contributed by atoms with van der Waals surface area (Å²) in [7, 11) is -1.20. The first-order valence-corrected chi connectivity index (χ1v) is 8.29. The Bertz CT molecular complexity index is 585. The fraction of sp³-hybridized carbons (Fsp3) is 0.294. The molecule has 4 heteroatoms. The molecule has 0 saturated carbocycles. The van der Waals surface area contributed by atoms with Gasteiger partial charge in [-0.15, -0.1) is 0 Å². The Hall–Kier alpha value is -1.52. The summed E-state index contributed by atoms with van der Waals surface area (Å²) in [6.07, 6.45) is 0. The van der Waals surface area contributed by atoms with Crippen molar-refractivity contribution in [2.45, 2.75) is 30.0 Å². The zero-order valence-electron chi connectivity index (χ0n) is 12.3. The molecule has 0 fully saturated rings. The van der Waals surface area contributed by atoms with E-state index in [1.54, 1.807) is 12.1 Å². The lowest BCUT2D eigenvalue weighted by atomic mass is 10.0. The molecule has 0 aromatic heterocycles. The van der Waals surface area contributed by atoms with Crippen LogP contribution in [0.1, 0.15) is 25.5 Å². The van der Waals surface area contributed by atoms with Crippen molar-refractivity contribution in [1.82, 2.24) is 5.32 Å². The second-order valence-electron chi connectivity index (χ2n) is 4.90. The molecule has 21 heavy (non-hydrogen) atoms. The maximum absolute atomic E-state index is 13.0. The molecule has 0 amide bonds. The summed E-state index contributed by atoms with van der Waals surface area (Å²) in [6.45, 7) is 4.79. The largest absolute Gasteiger partial charge is 0.309 e. The molecule has 2 rings (SSSR count). The minimum atomic E-state index is -1.20. The van der Waals surface area contributed by atoms with Gasteiger partial charge < -0.3 is 5.32 Å². The highest BCUT2D eigenvalue weighted by Gasteiger charge is 2.24. The van der Waals surface area contributed by atoms with E-state index in [4.69, 9.17) is 0 Å². The molecule has 2 aromatic carbocycles. The molecule has 0 aliphatic carbocycles. The maximum atomic E-state index is 13.0. The predicted octanol–water partition coefficient (Wildman–Crippen LogP) is 3.67. The average molecular weight is 305 g/mol. The van der Waals surface area contributed by atoms with Crippen molar-refractivity contribution >= 4 is 10.8 Å². The summed E-state index contributed by atoms with van der Waals surface area (Å²) < 4.78 is 25.7. The molecule has 0 radical (unpaired) electrons. The lowest BCUT2D eigenvalue weighted by Gasteiger charge is -2.25. The van der Waals surface area contributed by atoms with Crippen molar-refractivity contribution in [3.8, 4) is 0 Å². The highest BCUT2D eigenvalue weighted by Crippen LogP contribution is 2.24. The van der Waals surface area contributed by atoms with E-state index in [0.717, 1.165) is 12.1 Å². The number of hydrogen-bond donors (Lipinski definition) is 1. The molecule has 2 nitrogen and oxygen atoms in total. The van der Waals surface area contributed by atoms with Gasteiger partial charge in [-0.05, 0) is 43.3 Å². The first-order valence-electron chi connectivity index (χ1n) is 7.08. The van der Waals surface area contributed by atoms with Gasteiger partial charge in [0.15, 0.2) is 0 Å². The van der Waals surface area contributed by atoms with Crippen LogP contribution in [0.25, 0.3) is 0 Å². The zero-order valence-corrected chi connectivity index (χ0v) is 13.1. The van der Waals surface area contributed by atoms with Gasteiger partial charge in [0.1, 0.15) is 5.82 Å². The van der Waals surface area contributed by atoms with Crippen LogP contribution in [0, 0.1) is 5.82 Å². The molecule has 0 heterocycles. The van der Waals surface area contributed by atoms with Gasteiger partial charge >= 0.3 is 0 Å². The number of rotatable bonds is 6. The molecule has 3 atom stereocenters. The fourth-order valence-corrected chi connectivity index (χ4v) is 3.68. The van der Waals surface area contributed by atoms with Gasteiger partial charge in [0, 0.05) is 10.9 Å². The van der Waals surface area contributed by atoms with Crippen LogP contribution in [0.4, 0.5) is 4.39 Å². The monoisotopic (exact) mass is 305 g/mol. The smallest absolute Gasteiger partial charge is 0.123 e. The van der Waals surface area contributed by atoms with Crippen molar-refractivity contribution in [2.24, 2.45) is 0 Å². The summed E-state index contributed by atoms with van der Waals surface area (Å²) in [5.41, 5.74) is 1.11. The Labute approximate surface area is 127 Å². The zero-order chi connectivity index (χ0) is 15.2. The molecule has 0 aliphatic rings. The Kier molecular flexibility index (Phi) is 5.65. The molecule has 0 bridgehead atoms. The van der Waals surface area contributed by atoms with Gasteiger partial charge in [-0.1, -0.05) is 37.3 Å². The molecule has 0 spiro atoms. The lowest BCUT2D eigenvalue weighted by molar-refractivity contribution is 0.535. The number of benzene rings is 2. The molecular formula is C17H20FNOS. The third-order valence-electron chi connectivity index (χ3n) is 3.44. The molecule has 112 valence electrons. The van der Waals surface area contributed by atoms with E-state index in [0.29, 0.717) is 4.90 Å². The van der Waals surface area contributed by atoms with Crippen LogP contribution in [0.15, 0.2) is 59.5 Å². The van der Waals surface area contributed by atoms with Crippen LogP contribution in [0.3, 0.4) is 0 Å². The SMILES string of the molecule is CCNC(c1ccccc1)C(C)S(=O)c1ccc(F)cc1. The average Bonchev–Trinajstić information content (AvgIpc) is 2.53. The molecule has 0 aliphatic heterocycles. The van der Waals surface area contributed by atoms with E-state index >= 15 is 0 Å². The lowest BCUT2D eigenvalue weighted by Crippen LogP contribution is -2.33. The maximum Gasteiger partial charge on any atom is 0.123 e. The van der Waals surface area contributed by atoms with Gasteiger partial charge in [0.2, 0.25) is 0 Å². The normalized spacial score (nSPS) is 15.4. The van der Waals surface area contributed by atoms with Crippen LogP contribution < -0.4 is 5.32 Å². The van der Waals surface area contributed by atoms with Crippen LogP contribution in [0.2, 0.25) is 0 Å². The summed E-state index contributed by atoms with van der Waals surface area (Å²) in [5.74, 6) is -0.310. The second-order valence-corrected chi connectivity index (χ2v) is 6.71. The first kappa shape index (κ1) is 15.9. The van der Waals surface area contributed by atoms with E-state index in [2.05, 4.69) is 5.32 Å². The van der Waals surface area contributed by atoms with E-state index in [1.165, 1.54) is 12.1 Å². The molecule has 3 unspecified atom stereocenters.